The molecule has 8 heteroatoms. The van der Waals surface area contributed by atoms with Crippen LogP contribution in [0.4, 0.5) is 0 Å². The van der Waals surface area contributed by atoms with Gasteiger partial charge in [-0.15, -0.1) is 0 Å². The summed E-state index contributed by atoms with van der Waals surface area (Å²) in [6, 6.07) is 0.377. The topological polar surface area (TPSA) is 82.5 Å². The van der Waals surface area contributed by atoms with Gasteiger partial charge >= 0.3 is 0 Å². The van der Waals surface area contributed by atoms with Gasteiger partial charge in [-0.05, 0) is 6.92 Å². The highest BCUT2D eigenvalue weighted by Crippen LogP contribution is 2.12. The number of nitrogens with one attached hydrogen (secondary N) is 2. The fourth-order valence-corrected chi connectivity index (χ4v) is 2.88. The first kappa shape index (κ1) is 18.4. The minimum absolute atomic E-state index is 0.00473. The number of rotatable bonds is 7. The molecule has 2 heterocycles. The quantitative estimate of drug-likeness (QED) is 0.636. The van der Waals surface area contributed by atoms with Gasteiger partial charge in [-0.3, -0.25) is 19.4 Å². The highest BCUT2D eigenvalue weighted by molar-refractivity contribution is 5.78. The van der Waals surface area contributed by atoms with E-state index in [4.69, 9.17) is 0 Å². The lowest BCUT2D eigenvalue weighted by molar-refractivity contribution is -0.123. The Hall–Kier alpha value is -1.93. The zero-order chi connectivity index (χ0) is 17.5. The molecule has 1 atom stereocenters. The highest BCUT2D eigenvalue weighted by atomic mass is 16.2. The minimum atomic E-state index is -0.0816. The average Bonchev–Trinajstić information content (AvgIpc) is 2.91. The van der Waals surface area contributed by atoms with Gasteiger partial charge in [-0.25, -0.2) is 4.98 Å². The fourth-order valence-electron chi connectivity index (χ4n) is 2.88. The first-order valence-electron chi connectivity index (χ1n) is 8.39. The predicted octanol–water partition coefficient (Wildman–Crippen LogP) is -0.821. The second-order valence-corrected chi connectivity index (χ2v) is 6.34. The zero-order valence-corrected chi connectivity index (χ0v) is 14.8. The molecule has 0 saturated carbocycles. The van der Waals surface area contributed by atoms with Crippen LogP contribution in [-0.2, 0) is 23.2 Å². The van der Waals surface area contributed by atoms with Crippen LogP contribution in [0.1, 0.15) is 19.7 Å². The van der Waals surface area contributed by atoms with Crippen molar-refractivity contribution in [1.82, 2.24) is 30.0 Å². The van der Waals surface area contributed by atoms with E-state index in [2.05, 4.69) is 32.3 Å². The van der Waals surface area contributed by atoms with Gasteiger partial charge in [0.05, 0.1) is 13.1 Å². The lowest BCUT2D eigenvalue weighted by Crippen LogP contribution is -2.53. The Morgan fingerprint density at radius 3 is 2.67 bits per heavy atom. The molecule has 0 spiro atoms. The maximum absolute atomic E-state index is 12.0. The number of hydrogen-bond acceptors (Lipinski definition) is 5. The molecule has 0 aromatic carbocycles. The van der Waals surface area contributed by atoms with Crippen molar-refractivity contribution in [3.63, 3.8) is 0 Å². The average molecular weight is 336 g/mol. The number of carbonyl (C=O) groups excluding carboxylic acids is 2. The molecular weight excluding hydrogens is 308 g/mol. The van der Waals surface area contributed by atoms with Crippen LogP contribution in [0.3, 0.4) is 0 Å². The molecule has 134 valence electrons. The zero-order valence-electron chi connectivity index (χ0n) is 14.8. The third-order valence-corrected chi connectivity index (χ3v) is 4.30. The molecule has 8 nitrogen and oxygen atoms in total. The second kappa shape index (κ2) is 8.79. The summed E-state index contributed by atoms with van der Waals surface area (Å²) in [7, 11) is 2.01. The largest absolute Gasteiger partial charge is 0.355 e. The summed E-state index contributed by atoms with van der Waals surface area (Å²) in [5.74, 6) is 0.984. The normalized spacial score (nSPS) is 19.2. The minimum Gasteiger partial charge on any atom is -0.355 e. The van der Waals surface area contributed by atoms with Crippen LogP contribution in [0.2, 0.25) is 0 Å². The Kier molecular flexibility index (Phi) is 6.74. The van der Waals surface area contributed by atoms with Crippen molar-refractivity contribution in [1.29, 1.82) is 0 Å². The summed E-state index contributed by atoms with van der Waals surface area (Å²) in [6.45, 7) is 8.48. The van der Waals surface area contributed by atoms with Crippen LogP contribution in [-0.4, -0.2) is 76.5 Å². The van der Waals surface area contributed by atoms with Gasteiger partial charge in [0.2, 0.25) is 11.8 Å². The molecule has 1 aliphatic rings. The van der Waals surface area contributed by atoms with Gasteiger partial charge < -0.3 is 15.2 Å². The SMILES string of the molecule is CC(=O)NCCNC(=O)CN1CCN(Cc2nccn2C)[C@H](C)C1. The highest BCUT2D eigenvalue weighted by Gasteiger charge is 2.25. The monoisotopic (exact) mass is 336 g/mol. The Morgan fingerprint density at radius 1 is 1.29 bits per heavy atom. The van der Waals surface area contributed by atoms with Crippen molar-refractivity contribution in [2.75, 3.05) is 39.3 Å². The molecule has 2 rings (SSSR count). The summed E-state index contributed by atoms with van der Waals surface area (Å²) in [6.07, 6.45) is 3.78. The van der Waals surface area contributed by atoms with Gasteiger partial charge in [0.15, 0.2) is 0 Å². The summed E-state index contributed by atoms with van der Waals surface area (Å²) < 4.78 is 2.04. The second-order valence-electron chi connectivity index (χ2n) is 6.34. The van der Waals surface area contributed by atoms with Gasteiger partial charge in [-0.1, -0.05) is 0 Å². The van der Waals surface area contributed by atoms with E-state index in [-0.39, 0.29) is 11.8 Å². The third kappa shape index (κ3) is 5.61. The van der Waals surface area contributed by atoms with Crippen molar-refractivity contribution < 1.29 is 9.59 Å². The first-order chi connectivity index (χ1) is 11.5. The van der Waals surface area contributed by atoms with E-state index in [0.29, 0.717) is 25.7 Å². The predicted molar refractivity (Wildman–Crippen MR) is 91.2 cm³/mol. The maximum atomic E-state index is 12.0. The van der Waals surface area contributed by atoms with E-state index in [1.807, 2.05) is 24.0 Å². The Labute approximate surface area is 143 Å². The summed E-state index contributed by atoms with van der Waals surface area (Å²) in [5.41, 5.74) is 0. The molecule has 0 bridgehead atoms. The molecule has 2 amide bonds. The van der Waals surface area contributed by atoms with E-state index in [1.165, 1.54) is 6.92 Å². The van der Waals surface area contributed by atoms with E-state index < -0.39 is 0 Å². The van der Waals surface area contributed by atoms with E-state index in [1.54, 1.807) is 0 Å². The maximum Gasteiger partial charge on any atom is 0.234 e. The molecule has 1 fully saturated rings. The lowest BCUT2D eigenvalue weighted by atomic mass is 10.2. The van der Waals surface area contributed by atoms with Gasteiger partial charge in [0.1, 0.15) is 5.82 Å². The molecule has 0 aliphatic carbocycles. The molecular formula is C16H28N6O2. The lowest BCUT2D eigenvalue weighted by Gasteiger charge is -2.39. The molecule has 1 aromatic heterocycles. The van der Waals surface area contributed by atoms with Crippen LogP contribution in [0.5, 0.6) is 0 Å². The van der Waals surface area contributed by atoms with E-state index in [9.17, 15) is 9.59 Å². The van der Waals surface area contributed by atoms with Crippen molar-refractivity contribution in [3.05, 3.63) is 18.2 Å². The summed E-state index contributed by atoms with van der Waals surface area (Å²) >= 11 is 0. The Balaban J connectivity index is 1.69. The molecule has 0 radical (unpaired) electrons. The summed E-state index contributed by atoms with van der Waals surface area (Å²) in [4.78, 5) is 31.7. The first-order valence-corrected chi connectivity index (χ1v) is 8.39. The molecule has 24 heavy (non-hydrogen) atoms. The molecule has 0 unspecified atom stereocenters. The number of piperazine rings is 1. The van der Waals surface area contributed by atoms with Crippen molar-refractivity contribution in [3.8, 4) is 0 Å². The van der Waals surface area contributed by atoms with Crippen LogP contribution < -0.4 is 10.6 Å². The third-order valence-electron chi connectivity index (χ3n) is 4.30. The number of aryl methyl sites for hydroxylation is 1. The number of amides is 2. The van der Waals surface area contributed by atoms with E-state index in [0.717, 1.165) is 32.0 Å². The van der Waals surface area contributed by atoms with Crippen molar-refractivity contribution in [2.45, 2.75) is 26.4 Å². The number of carbonyl (C=O) groups is 2. The smallest absolute Gasteiger partial charge is 0.234 e. The van der Waals surface area contributed by atoms with E-state index >= 15 is 0 Å². The van der Waals surface area contributed by atoms with Crippen LogP contribution in [0.25, 0.3) is 0 Å². The van der Waals surface area contributed by atoms with Gasteiger partial charge in [0.25, 0.3) is 0 Å². The number of hydrogen-bond donors (Lipinski definition) is 2. The van der Waals surface area contributed by atoms with Gasteiger partial charge in [0, 0.05) is 65.1 Å². The fraction of sp³-hybridized carbons (Fsp3) is 0.688. The van der Waals surface area contributed by atoms with Crippen molar-refractivity contribution in [2.24, 2.45) is 7.05 Å². The Morgan fingerprint density at radius 2 is 2.04 bits per heavy atom. The van der Waals surface area contributed by atoms with Crippen LogP contribution >= 0.6 is 0 Å². The van der Waals surface area contributed by atoms with Crippen molar-refractivity contribution >= 4 is 11.8 Å². The van der Waals surface area contributed by atoms with Gasteiger partial charge in [-0.2, -0.15) is 0 Å². The van der Waals surface area contributed by atoms with Crippen LogP contribution in [0.15, 0.2) is 12.4 Å². The molecule has 2 N–H and O–H groups in total. The number of nitrogens with zero attached hydrogens (tertiary/aromatic N) is 4. The van der Waals surface area contributed by atoms with Crippen LogP contribution in [0, 0.1) is 0 Å². The molecule has 1 aromatic rings. The molecule has 1 aliphatic heterocycles. The number of aromatic nitrogens is 2. The molecule has 1 saturated heterocycles. The number of imidazole rings is 1. The summed E-state index contributed by atoms with van der Waals surface area (Å²) in [5, 5.41) is 5.49. The standard InChI is InChI=1S/C16H28N6O2/c1-13-10-21(12-16(24)19-5-4-17-14(2)23)8-9-22(13)11-15-18-6-7-20(15)3/h6-7,13H,4-5,8-12H2,1-3H3,(H,17,23)(H,19,24)/t13-/m1/s1. The Bertz CT molecular complexity index is 559.